The van der Waals surface area contributed by atoms with Gasteiger partial charge in [0.25, 0.3) is 0 Å². The standard InChI is InChI=1S/C11H14N2O2/c1-3-4-10(11(14)15)13-9-5-6-12-8(2)7-9/h3,5-7,10H,1,4H2,2H3,(H,12,13)(H,14,15). The topological polar surface area (TPSA) is 62.2 Å². The van der Waals surface area contributed by atoms with Gasteiger partial charge in [0.15, 0.2) is 0 Å². The summed E-state index contributed by atoms with van der Waals surface area (Å²) in [6.45, 7) is 5.38. The SMILES string of the molecule is C=CCC(Nc1ccnc(C)c1)C(=O)O. The Balaban J connectivity index is 2.73. The van der Waals surface area contributed by atoms with Crippen LogP contribution < -0.4 is 5.32 Å². The third-order valence-electron chi connectivity index (χ3n) is 1.94. The second-order valence-corrected chi connectivity index (χ2v) is 3.25. The number of carboxylic acid groups (broad SMARTS) is 1. The van der Waals surface area contributed by atoms with Gasteiger partial charge in [0.05, 0.1) is 0 Å². The quantitative estimate of drug-likeness (QED) is 0.721. The molecular formula is C11H14N2O2. The Morgan fingerprint density at radius 2 is 2.53 bits per heavy atom. The lowest BCUT2D eigenvalue weighted by Crippen LogP contribution is -2.28. The highest BCUT2D eigenvalue weighted by Gasteiger charge is 2.14. The van der Waals surface area contributed by atoms with E-state index < -0.39 is 12.0 Å². The van der Waals surface area contributed by atoms with Crippen molar-refractivity contribution in [3.05, 3.63) is 36.7 Å². The van der Waals surface area contributed by atoms with Gasteiger partial charge in [-0.2, -0.15) is 0 Å². The van der Waals surface area contributed by atoms with E-state index in [2.05, 4.69) is 16.9 Å². The molecule has 0 spiro atoms. The average molecular weight is 206 g/mol. The van der Waals surface area contributed by atoms with Crippen molar-refractivity contribution in [1.29, 1.82) is 0 Å². The highest BCUT2D eigenvalue weighted by molar-refractivity contribution is 5.77. The molecule has 1 aromatic rings. The first-order valence-corrected chi connectivity index (χ1v) is 4.66. The molecule has 80 valence electrons. The molecule has 1 heterocycles. The van der Waals surface area contributed by atoms with Crippen LogP contribution in [-0.2, 0) is 4.79 Å². The molecule has 1 aromatic heterocycles. The van der Waals surface area contributed by atoms with Crippen LogP contribution in [-0.4, -0.2) is 22.1 Å². The summed E-state index contributed by atoms with van der Waals surface area (Å²) < 4.78 is 0. The number of aryl methyl sites for hydroxylation is 1. The first kappa shape index (κ1) is 11.2. The summed E-state index contributed by atoms with van der Waals surface area (Å²) in [5, 5.41) is 11.8. The van der Waals surface area contributed by atoms with Crippen LogP contribution in [0.5, 0.6) is 0 Å². The fourth-order valence-electron chi connectivity index (χ4n) is 1.22. The minimum absolute atomic E-state index is 0.386. The van der Waals surface area contributed by atoms with Gasteiger partial charge < -0.3 is 10.4 Å². The summed E-state index contributed by atoms with van der Waals surface area (Å²) in [6.07, 6.45) is 3.61. The molecular weight excluding hydrogens is 192 g/mol. The second-order valence-electron chi connectivity index (χ2n) is 3.25. The van der Waals surface area contributed by atoms with Crippen molar-refractivity contribution in [2.75, 3.05) is 5.32 Å². The second kappa shape index (κ2) is 5.14. The molecule has 15 heavy (non-hydrogen) atoms. The van der Waals surface area contributed by atoms with Crippen LogP contribution in [0.25, 0.3) is 0 Å². The zero-order valence-corrected chi connectivity index (χ0v) is 8.60. The molecule has 0 aromatic carbocycles. The largest absolute Gasteiger partial charge is 0.480 e. The van der Waals surface area contributed by atoms with Gasteiger partial charge in [-0.3, -0.25) is 4.98 Å². The van der Waals surface area contributed by atoms with Crippen molar-refractivity contribution in [3.8, 4) is 0 Å². The summed E-state index contributed by atoms with van der Waals surface area (Å²) >= 11 is 0. The molecule has 0 saturated carbocycles. The molecule has 0 bridgehead atoms. The maximum Gasteiger partial charge on any atom is 0.326 e. The van der Waals surface area contributed by atoms with Gasteiger partial charge in [-0.05, 0) is 25.5 Å². The van der Waals surface area contributed by atoms with Crippen LogP contribution >= 0.6 is 0 Å². The fraction of sp³-hybridized carbons (Fsp3) is 0.273. The normalized spacial score (nSPS) is 11.8. The van der Waals surface area contributed by atoms with E-state index in [9.17, 15) is 4.79 Å². The van der Waals surface area contributed by atoms with Gasteiger partial charge in [0.2, 0.25) is 0 Å². The zero-order chi connectivity index (χ0) is 11.3. The number of hydrogen-bond acceptors (Lipinski definition) is 3. The van der Waals surface area contributed by atoms with Crippen LogP contribution in [0.3, 0.4) is 0 Å². The molecule has 0 saturated heterocycles. The molecule has 0 fully saturated rings. The summed E-state index contributed by atoms with van der Waals surface area (Å²) in [5.41, 5.74) is 1.61. The van der Waals surface area contributed by atoms with Crippen LogP contribution in [0.2, 0.25) is 0 Å². The van der Waals surface area contributed by atoms with E-state index in [1.807, 2.05) is 6.92 Å². The van der Waals surface area contributed by atoms with E-state index in [0.717, 1.165) is 11.4 Å². The summed E-state index contributed by atoms with van der Waals surface area (Å²) in [7, 11) is 0. The Kier molecular flexibility index (Phi) is 3.85. The van der Waals surface area contributed by atoms with Crippen molar-refractivity contribution in [1.82, 2.24) is 4.98 Å². The van der Waals surface area contributed by atoms with Gasteiger partial charge in [0.1, 0.15) is 6.04 Å². The van der Waals surface area contributed by atoms with Crippen LogP contribution in [0.1, 0.15) is 12.1 Å². The lowest BCUT2D eigenvalue weighted by molar-refractivity contribution is -0.137. The highest BCUT2D eigenvalue weighted by atomic mass is 16.4. The number of pyridine rings is 1. The number of aromatic nitrogens is 1. The number of rotatable bonds is 5. The minimum Gasteiger partial charge on any atom is -0.480 e. The van der Waals surface area contributed by atoms with Crippen LogP contribution in [0.4, 0.5) is 5.69 Å². The van der Waals surface area contributed by atoms with E-state index in [1.165, 1.54) is 0 Å². The molecule has 4 heteroatoms. The lowest BCUT2D eigenvalue weighted by Gasteiger charge is -2.13. The molecule has 2 N–H and O–H groups in total. The van der Waals surface area contributed by atoms with E-state index in [0.29, 0.717) is 6.42 Å². The van der Waals surface area contributed by atoms with Gasteiger partial charge >= 0.3 is 5.97 Å². The molecule has 0 aliphatic heterocycles. The smallest absolute Gasteiger partial charge is 0.326 e. The van der Waals surface area contributed by atoms with E-state index in [4.69, 9.17) is 5.11 Å². The number of nitrogens with one attached hydrogen (secondary N) is 1. The Morgan fingerprint density at radius 3 is 3.07 bits per heavy atom. The predicted molar refractivity (Wildman–Crippen MR) is 58.8 cm³/mol. The number of carboxylic acids is 1. The van der Waals surface area contributed by atoms with Crippen molar-refractivity contribution in [2.45, 2.75) is 19.4 Å². The highest BCUT2D eigenvalue weighted by Crippen LogP contribution is 2.10. The molecule has 0 radical (unpaired) electrons. The molecule has 1 unspecified atom stereocenters. The average Bonchev–Trinajstić information content (AvgIpc) is 2.17. The van der Waals surface area contributed by atoms with Crippen molar-refractivity contribution >= 4 is 11.7 Å². The van der Waals surface area contributed by atoms with Gasteiger partial charge in [-0.25, -0.2) is 4.79 Å². The summed E-state index contributed by atoms with van der Waals surface area (Å²) in [5.74, 6) is -0.885. The molecule has 0 amide bonds. The number of anilines is 1. The molecule has 1 atom stereocenters. The Morgan fingerprint density at radius 1 is 1.80 bits per heavy atom. The van der Waals surface area contributed by atoms with Gasteiger partial charge in [-0.1, -0.05) is 6.08 Å². The number of carbonyl (C=O) groups is 1. The summed E-state index contributed by atoms with van der Waals surface area (Å²) in [4.78, 5) is 14.9. The van der Waals surface area contributed by atoms with Crippen molar-refractivity contribution < 1.29 is 9.90 Å². The number of hydrogen-bond donors (Lipinski definition) is 2. The van der Waals surface area contributed by atoms with E-state index >= 15 is 0 Å². The van der Waals surface area contributed by atoms with Crippen molar-refractivity contribution in [2.24, 2.45) is 0 Å². The van der Waals surface area contributed by atoms with E-state index in [1.54, 1.807) is 24.4 Å². The third-order valence-corrected chi connectivity index (χ3v) is 1.94. The molecule has 1 rings (SSSR count). The third kappa shape index (κ3) is 3.42. The number of aliphatic carboxylic acids is 1. The molecule has 0 aliphatic carbocycles. The van der Waals surface area contributed by atoms with Gasteiger partial charge in [0, 0.05) is 17.6 Å². The summed E-state index contributed by atoms with van der Waals surface area (Å²) in [6, 6.07) is 2.91. The Bertz CT molecular complexity index is 363. The van der Waals surface area contributed by atoms with Crippen LogP contribution in [0.15, 0.2) is 31.0 Å². The Hall–Kier alpha value is -1.84. The first-order valence-electron chi connectivity index (χ1n) is 4.66. The maximum atomic E-state index is 10.9. The fourth-order valence-corrected chi connectivity index (χ4v) is 1.22. The first-order chi connectivity index (χ1) is 7.13. The molecule has 4 nitrogen and oxygen atoms in total. The maximum absolute atomic E-state index is 10.9. The number of nitrogens with zero attached hydrogens (tertiary/aromatic N) is 1. The molecule has 0 aliphatic rings. The van der Waals surface area contributed by atoms with Gasteiger partial charge in [-0.15, -0.1) is 6.58 Å². The predicted octanol–water partition coefficient (Wildman–Crippen LogP) is 1.83. The zero-order valence-electron chi connectivity index (χ0n) is 8.60. The monoisotopic (exact) mass is 206 g/mol. The van der Waals surface area contributed by atoms with Crippen molar-refractivity contribution in [3.63, 3.8) is 0 Å². The van der Waals surface area contributed by atoms with Crippen LogP contribution in [0, 0.1) is 6.92 Å². The van der Waals surface area contributed by atoms with E-state index in [-0.39, 0.29) is 0 Å². The minimum atomic E-state index is -0.885. The lowest BCUT2D eigenvalue weighted by atomic mass is 10.2. The Labute approximate surface area is 88.7 Å².